The average Bonchev–Trinajstić information content (AvgIpc) is 2.03. The molecule has 4 heteroatoms. The fraction of sp³-hybridized carbons (Fsp3) is 0.250. The van der Waals surface area contributed by atoms with Crippen LogP contribution in [0.5, 0.6) is 0 Å². The summed E-state index contributed by atoms with van der Waals surface area (Å²) in [6.45, 7) is 1.87. The Balaban J connectivity index is 3.09. The van der Waals surface area contributed by atoms with E-state index < -0.39 is 0 Å². The minimum absolute atomic E-state index is 0.0139. The second kappa shape index (κ2) is 4.14. The number of ketones is 1. The van der Waals surface area contributed by atoms with Crippen molar-refractivity contribution in [1.82, 2.24) is 4.98 Å². The van der Waals surface area contributed by atoms with Gasteiger partial charge in [-0.05, 0) is 34.5 Å². The van der Waals surface area contributed by atoms with Gasteiger partial charge in [0.2, 0.25) is 0 Å². The van der Waals surface area contributed by atoms with Crippen molar-refractivity contribution in [2.75, 3.05) is 5.33 Å². The smallest absolute Gasteiger partial charge is 0.191 e. The number of Topliss-reactive ketones (excluding diaryl/α,β-unsaturated/α-hetero) is 1. The van der Waals surface area contributed by atoms with Crippen molar-refractivity contribution in [2.45, 2.75) is 6.92 Å². The highest BCUT2D eigenvalue weighted by molar-refractivity contribution is 9.10. The summed E-state index contributed by atoms with van der Waals surface area (Å²) in [5.41, 5.74) is 1.43. The molecule has 0 spiro atoms. The molecule has 1 heterocycles. The summed E-state index contributed by atoms with van der Waals surface area (Å²) in [4.78, 5) is 15.2. The molecule has 12 heavy (non-hydrogen) atoms. The number of alkyl halides is 1. The van der Waals surface area contributed by atoms with Crippen LogP contribution < -0.4 is 0 Å². The van der Waals surface area contributed by atoms with E-state index in [1.807, 2.05) is 13.0 Å². The highest BCUT2D eigenvalue weighted by Gasteiger charge is 2.08. The van der Waals surface area contributed by atoms with Crippen molar-refractivity contribution in [1.29, 1.82) is 0 Å². The summed E-state index contributed by atoms with van der Waals surface area (Å²) in [6, 6.07) is 1.88. The maximum Gasteiger partial charge on any atom is 0.191 e. The fourth-order valence-corrected chi connectivity index (χ4v) is 1.61. The van der Waals surface area contributed by atoms with Gasteiger partial charge in [0.15, 0.2) is 5.78 Å². The maximum atomic E-state index is 11.2. The highest BCUT2D eigenvalue weighted by atomic mass is 79.9. The minimum atomic E-state index is 0.0139. The van der Waals surface area contributed by atoms with Gasteiger partial charge in [-0.2, -0.15) is 0 Å². The van der Waals surface area contributed by atoms with Gasteiger partial charge in [-0.15, -0.1) is 0 Å². The second-order valence-electron chi connectivity index (χ2n) is 2.38. The standard InChI is InChI=1S/C8H7Br2NO/c1-5-2-6(10)4-11-8(5)7(12)3-9/h2,4H,3H2,1H3. The van der Waals surface area contributed by atoms with Crippen molar-refractivity contribution < 1.29 is 4.79 Å². The van der Waals surface area contributed by atoms with E-state index in [-0.39, 0.29) is 5.78 Å². The zero-order valence-electron chi connectivity index (χ0n) is 6.47. The molecule has 0 bridgehead atoms. The van der Waals surface area contributed by atoms with Crippen LogP contribution in [0, 0.1) is 6.92 Å². The molecule has 0 saturated heterocycles. The van der Waals surface area contributed by atoms with Gasteiger partial charge in [-0.25, -0.2) is 0 Å². The van der Waals surface area contributed by atoms with E-state index in [1.165, 1.54) is 0 Å². The molecule has 0 aliphatic heterocycles. The Morgan fingerprint density at radius 1 is 1.67 bits per heavy atom. The first-order valence-electron chi connectivity index (χ1n) is 3.36. The van der Waals surface area contributed by atoms with Gasteiger partial charge >= 0.3 is 0 Å². The molecule has 64 valence electrons. The molecule has 0 aliphatic carbocycles. The summed E-state index contributed by atoms with van der Waals surface area (Å²) in [5.74, 6) is 0.0139. The molecular formula is C8H7Br2NO. The second-order valence-corrected chi connectivity index (χ2v) is 3.85. The van der Waals surface area contributed by atoms with Crippen LogP contribution in [-0.4, -0.2) is 16.1 Å². The maximum absolute atomic E-state index is 11.2. The van der Waals surface area contributed by atoms with E-state index in [1.54, 1.807) is 6.20 Å². The van der Waals surface area contributed by atoms with Crippen LogP contribution >= 0.6 is 31.9 Å². The van der Waals surface area contributed by atoms with E-state index in [9.17, 15) is 4.79 Å². The number of rotatable bonds is 2. The number of hydrogen-bond acceptors (Lipinski definition) is 2. The summed E-state index contributed by atoms with van der Waals surface area (Å²) in [5, 5.41) is 0.322. The van der Waals surface area contributed by atoms with Gasteiger partial charge in [-0.1, -0.05) is 15.9 Å². The van der Waals surface area contributed by atoms with E-state index >= 15 is 0 Å². The van der Waals surface area contributed by atoms with E-state index in [2.05, 4.69) is 36.8 Å². The summed E-state index contributed by atoms with van der Waals surface area (Å²) in [6.07, 6.45) is 1.63. The normalized spacial score (nSPS) is 9.92. The third kappa shape index (κ3) is 2.14. The van der Waals surface area contributed by atoms with Crippen molar-refractivity contribution in [3.8, 4) is 0 Å². The average molecular weight is 293 g/mol. The third-order valence-electron chi connectivity index (χ3n) is 1.43. The zero-order chi connectivity index (χ0) is 9.14. The van der Waals surface area contributed by atoms with Crippen molar-refractivity contribution in [3.63, 3.8) is 0 Å². The lowest BCUT2D eigenvalue weighted by Gasteiger charge is -2.00. The van der Waals surface area contributed by atoms with Gasteiger partial charge in [0.1, 0.15) is 5.69 Å². The van der Waals surface area contributed by atoms with Crippen LogP contribution in [0.3, 0.4) is 0 Å². The van der Waals surface area contributed by atoms with Crippen molar-refractivity contribution >= 4 is 37.6 Å². The predicted octanol–water partition coefficient (Wildman–Crippen LogP) is 2.73. The molecule has 0 saturated carbocycles. The van der Waals surface area contributed by atoms with Crippen LogP contribution in [0.1, 0.15) is 16.1 Å². The monoisotopic (exact) mass is 291 g/mol. The first-order valence-corrected chi connectivity index (χ1v) is 5.28. The lowest BCUT2D eigenvalue weighted by molar-refractivity contribution is 0.101. The SMILES string of the molecule is Cc1cc(Br)cnc1C(=O)CBr. The molecule has 0 aliphatic rings. The molecular weight excluding hydrogens is 286 g/mol. The number of aromatic nitrogens is 1. The zero-order valence-corrected chi connectivity index (χ0v) is 9.65. The Bertz CT molecular complexity index is 312. The first kappa shape index (κ1) is 9.86. The van der Waals surface area contributed by atoms with Crippen molar-refractivity contribution in [3.05, 3.63) is 28.0 Å². The van der Waals surface area contributed by atoms with Crippen LogP contribution in [0.4, 0.5) is 0 Å². The van der Waals surface area contributed by atoms with Crippen molar-refractivity contribution in [2.24, 2.45) is 0 Å². The number of nitrogens with zero attached hydrogens (tertiary/aromatic N) is 1. The molecule has 0 atom stereocenters. The number of aryl methyl sites for hydroxylation is 1. The van der Waals surface area contributed by atoms with Crippen LogP contribution in [-0.2, 0) is 0 Å². The molecule has 0 N–H and O–H groups in total. The Morgan fingerprint density at radius 3 is 2.83 bits per heavy atom. The minimum Gasteiger partial charge on any atom is -0.291 e. The molecule has 0 radical (unpaired) electrons. The molecule has 1 aromatic rings. The summed E-state index contributed by atoms with van der Waals surface area (Å²) >= 11 is 6.38. The Kier molecular flexibility index (Phi) is 3.40. The first-order chi connectivity index (χ1) is 5.65. The largest absolute Gasteiger partial charge is 0.291 e. The number of pyridine rings is 1. The van der Waals surface area contributed by atoms with E-state index in [0.29, 0.717) is 11.0 Å². The lowest BCUT2D eigenvalue weighted by Crippen LogP contribution is -2.05. The molecule has 0 aromatic carbocycles. The molecule has 0 unspecified atom stereocenters. The van der Waals surface area contributed by atoms with Gasteiger partial charge in [0.05, 0.1) is 5.33 Å². The topological polar surface area (TPSA) is 30.0 Å². The summed E-state index contributed by atoms with van der Waals surface area (Å²) in [7, 11) is 0. The Labute approximate surface area is 87.6 Å². The molecule has 1 rings (SSSR count). The quantitative estimate of drug-likeness (QED) is 0.620. The Morgan fingerprint density at radius 2 is 2.33 bits per heavy atom. The van der Waals surface area contributed by atoms with Crippen LogP contribution in [0.25, 0.3) is 0 Å². The highest BCUT2D eigenvalue weighted by Crippen LogP contribution is 2.13. The summed E-state index contributed by atoms with van der Waals surface area (Å²) < 4.78 is 0.895. The predicted molar refractivity (Wildman–Crippen MR) is 54.8 cm³/mol. The molecule has 2 nitrogen and oxygen atoms in total. The number of hydrogen-bond donors (Lipinski definition) is 0. The van der Waals surface area contributed by atoms with Gasteiger partial charge in [0, 0.05) is 10.7 Å². The number of halogens is 2. The van der Waals surface area contributed by atoms with Gasteiger partial charge in [-0.3, -0.25) is 9.78 Å². The Hall–Kier alpha value is -0.220. The van der Waals surface area contributed by atoms with E-state index in [0.717, 1.165) is 10.0 Å². The van der Waals surface area contributed by atoms with Gasteiger partial charge < -0.3 is 0 Å². The van der Waals surface area contributed by atoms with Crippen LogP contribution in [0.2, 0.25) is 0 Å². The van der Waals surface area contributed by atoms with Crippen LogP contribution in [0.15, 0.2) is 16.7 Å². The third-order valence-corrected chi connectivity index (χ3v) is 2.37. The fourth-order valence-electron chi connectivity index (χ4n) is 0.896. The lowest BCUT2D eigenvalue weighted by atomic mass is 10.2. The number of carbonyl (C=O) groups is 1. The number of carbonyl (C=O) groups excluding carboxylic acids is 1. The molecule has 0 fully saturated rings. The van der Waals surface area contributed by atoms with E-state index in [4.69, 9.17) is 0 Å². The molecule has 1 aromatic heterocycles. The van der Waals surface area contributed by atoms with Gasteiger partial charge in [0.25, 0.3) is 0 Å². The molecule has 0 amide bonds.